The Bertz CT molecular complexity index is 576. The standard InChI is InChI=1S/C12H15ClF3NO3S/c1-20-9-4-5-11(10(8-9)12(14,15)16)17-21(18,19)7-3-2-6-13/h4-5,8,17H,2-3,6-7H2,1H3. The van der Waals surface area contributed by atoms with E-state index in [2.05, 4.69) is 0 Å². The minimum atomic E-state index is -4.69. The molecule has 9 heteroatoms. The number of halogens is 4. The number of unbranched alkanes of at least 4 members (excludes halogenated alkanes) is 1. The summed E-state index contributed by atoms with van der Waals surface area (Å²) in [5, 5.41) is 0. The highest BCUT2D eigenvalue weighted by Crippen LogP contribution is 2.37. The summed E-state index contributed by atoms with van der Waals surface area (Å²) in [4.78, 5) is 0. The molecule has 0 heterocycles. The number of sulfonamides is 1. The lowest BCUT2D eigenvalue weighted by molar-refractivity contribution is -0.137. The van der Waals surface area contributed by atoms with Gasteiger partial charge in [-0.2, -0.15) is 13.2 Å². The molecule has 0 bridgehead atoms. The van der Waals surface area contributed by atoms with Gasteiger partial charge in [0.05, 0.1) is 24.1 Å². The van der Waals surface area contributed by atoms with Crippen molar-refractivity contribution >= 4 is 27.3 Å². The van der Waals surface area contributed by atoms with Crippen molar-refractivity contribution in [3.05, 3.63) is 23.8 Å². The van der Waals surface area contributed by atoms with Gasteiger partial charge in [-0.1, -0.05) is 0 Å². The molecule has 0 amide bonds. The van der Waals surface area contributed by atoms with E-state index in [1.807, 2.05) is 4.72 Å². The topological polar surface area (TPSA) is 55.4 Å². The molecular weight excluding hydrogens is 331 g/mol. The van der Waals surface area contributed by atoms with Crippen molar-refractivity contribution in [3.63, 3.8) is 0 Å². The van der Waals surface area contributed by atoms with Crippen LogP contribution in [-0.2, 0) is 16.2 Å². The van der Waals surface area contributed by atoms with Crippen LogP contribution in [0.3, 0.4) is 0 Å². The molecular formula is C12H15ClF3NO3S. The third-order valence-electron chi connectivity index (χ3n) is 2.59. The zero-order valence-electron chi connectivity index (χ0n) is 11.2. The van der Waals surface area contributed by atoms with Crippen LogP contribution in [0.2, 0.25) is 0 Å². The summed E-state index contributed by atoms with van der Waals surface area (Å²) < 4.78 is 69.0. The van der Waals surface area contributed by atoms with Crippen molar-refractivity contribution < 1.29 is 26.3 Å². The van der Waals surface area contributed by atoms with E-state index < -0.39 is 27.5 Å². The van der Waals surface area contributed by atoms with E-state index in [0.29, 0.717) is 12.3 Å². The lowest BCUT2D eigenvalue weighted by Gasteiger charge is -2.15. The average Bonchev–Trinajstić information content (AvgIpc) is 2.37. The van der Waals surface area contributed by atoms with Gasteiger partial charge in [0, 0.05) is 5.88 Å². The summed E-state index contributed by atoms with van der Waals surface area (Å²) >= 11 is 5.43. The van der Waals surface area contributed by atoms with Crippen LogP contribution < -0.4 is 9.46 Å². The lowest BCUT2D eigenvalue weighted by atomic mass is 10.1. The van der Waals surface area contributed by atoms with Crippen molar-refractivity contribution in [2.45, 2.75) is 19.0 Å². The minimum absolute atomic E-state index is 0.00703. The maximum absolute atomic E-state index is 12.9. The first-order chi connectivity index (χ1) is 9.69. The van der Waals surface area contributed by atoms with Gasteiger partial charge in [0.1, 0.15) is 5.75 Å². The first-order valence-electron chi connectivity index (χ1n) is 6.01. The second kappa shape index (κ2) is 7.22. The lowest BCUT2D eigenvalue weighted by Crippen LogP contribution is -2.20. The van der Waals surface area contributed by atoms with Gasteiger partial charge in [-0.3, -0.25) is 4.72 Å². The van der Waals surface area contributed by atoms with Gasteiger partial charge in [0.15, 0.2) is 0 Å². The third-order valence-corrected chi connectivity index (χ3v) is 4.22. The first kappa shape index (κ1) is 17.9. The molecule has 21 heavy (non-hydrogen) atoms. The van der Waals surface area contributed by atoms with E-state index in [0.717, 1.165) is 12.1 Å². The molecule has 1 rings (SSSR count). The number of anilines is 1. The number of methoxy groups -OCH3 is 1. The van der Waals surface area contributed by atoms with Crippen LogP contribution in [-0.4, -0.2) is 27.2 Å². The van der Waals surface area contributed by atoms with Crippen LogP contribution in [0.4, 0.5) is 18.9 Å². The molecule has 0 saturated heterocycles. The van der Waals surface area contributed by atoms with Gasteiger partial charge in [-0.25, -0.2) is 8.42 Å². The predicted molar refractivity (Wildman–Crippen MR) is 75.4 cm³/mol. The monoisotopic (exact) mass is 345 g/mol. The average molecular weight is 346 g/mol. The SMILES string of the molecule is COc1ccc(NS(=O)(=O)CCCCCl)c(C(F)(F)F)c1. The van der Waals surface area contributed by atoms with Crippen molar-refractivity contribution in [1.82, 2.24) is 0 Å². The summed E-state index contributed by atoms with van der Waals surface area (Å²) in [6.07, 6.45) is -3.95. The molecule has 0 spiro atoms. The number of ether oxygens (including phenoxy) is 1. The largest absolute Gasteiger partial charge is 0.497 e. The van der Waals surface area contributed by atoms with Crippen molar-refractivity contribution in [1.29, 1.82) is 0 Å². The van der Waals surface area contributed by atoms with Crippen molar-refractivity contribution in [2.75, 3.05) is 23.5 Å². The predicted octanol–water partition coefficient (Wildman–Crippen LogP) is 3.47. The second-order valence-corrected chi connectivity index (χ2v) is 6.45. The summed E-state index contributed by atoms with van der Waals surface area (Å²) in [6.45, 7) is 0. The smallest absolute Gasteiger partial charge is 0.418 e. The Morgan fingerprint density at radius 1 is 1.29 bits per heavy atom. The zero-order chi connectivity index (χ0) is 16.1. The molecule has 1 aromatic rings. The molecule has 0 aliphatic rings. The molecule has 0 unspecified atom stereocenters. The molecule has 0 aromatic heterocycles. The highest BCUT2D eigenvalue weighted by Gasteiger charge is 2.35. The van der Waals surface area contributed by atoms with E-state index in [4.69, 9.17) is 16.3 Å². The number of rotatable bonds is 7. The van der Waals surface area contributed by atoms with Gasteiger partial charge < -0.3 is 4.74 Å². The molecule has 0 atom stereocenters. The Morgan fingerprint density at radius 3 is 2.48 bits per heavy atom. The third kappa shape index (κ3) is 5.62. The molecule has 0 saturated carbocycles. The van der Waals surface area contributed by atoms with E-state index in [9.17, 15) is 21.6 Å². The number of alkyl halides is 4. The van der Waals surface area contributed by atoms with Gasteiger partial charge in [-0.05, 0) is 31.0 Å². The molecule has 1 N–H and O–H groups in total. The summed E-state index contributed by atoms with van der Waals surface area (Å²) in [6, 6.07) is 3.03. The zero-order valence-corrected chi connectivity index (χ0v) is 12.8. The highest BCUT2D eigenvalue weighted by atomic mass is 35.5. The molecule has 120 valence electrons. The maximum Gasteiger partial charge on any atom is 0.418 e. The van der Waals surface area contributed by atoms with Crippen LogP contribution in [0.25, 0.3) is 0 Å². The van der Waals surface area contributed by atoms with Gasteiger partial charge in [0.2, 0.25) is 10.0 Å². The number of hydrogen-bond donors (Lipinski definition) is 1. The van der Waals surface area contributed by atoms with Crippen LogP contribution >= 0.6 is 11.6 Å². The number of benzene rings is 1. The minimum Gasteiger partial charge on any atom is -0.497 e. The summed E-state index contributed by atoms with van der Waals surface area (Å²) in [5.41, 5.74) is -1.61. The van der Waals surface area contributed by atoms with Crippen LogP contribution in [0.1, 0.15) is 18.4 Å². The summed E-state index contributed by atoms with van der Waals surface area (Å²) in [5.74, 6) is 0.00181. The van der Waals surface area contributed by atoms with E-state index >= 15 is 0 Å². The van der Waals surface area contributed by atoms with Crippen molar-refractivity contribution in [2.24, 2.45) is 0 Å². The summed E-state index contributed by atoms with van der Waals surface area (Å²) in [7, 11) is -2.63. The van der Waals surface area contributed by atoms with E-state index in [-0.39, 0.29) is 17.9 Å². The fourth-order valence-corrected chi connectivity index (χ4v) is 2.97. The van der Waals surface area contributed by atoms with Gasteiger partial charge in [-0.15, -0.1) is 11.6 Å². The Balaban J connectivity index is 3.02. The molecule has 1 aromatic carbocycles. The Labute approximate surface area is 126 Å². The first-order valence-corrected chi connectivity index (χ1v) is 8.20. The fourth-order valence-electron chi connectivity index (χ4n) is 1.58. The van der Waals surface area contributed by atoms with Crippen LogP contribution in [0, 0.1) is 0 Å². The second-order valence-electron chi connectivity index (χ2n) is 4.23. The van der Waals surface area contributed by atoms with Gasteiger partial charge in [0.25, 0.3) is 0 Å². The Morgan fingerprint density at radius 2 is 1.95 bits per heavy atom. The fraction of sp³-hybridized carbons (Fsp3) is 0.500. The molecule has 0 radical (unpaired) electrons. The quantitative estimate of drug-likeness (QED) is 0.608. The van der Waals surface area contributed by atoms with Crippen molar-refractivity contribution in [3.8, 4) is 5.75 Å². The molecule has 0 aliphatic carbocycles. The van der Waals surface area contributed by atoms with Crippen LogP contribution in [0.5, 0.6) is 5.75 Å². The maximum atomic E-state index is 12.9. The van der Waals surface area contributed by atoms with Gasteiger partial charge >= 0.3 is 6.18 Å². The normalized spacial score (nSPS) is 12.2. The molecule has 0 fully saturated rings. The van der Waals surface area contributed by atoms with Crippen LogP contribution in [0.15, 0.2) is 18.2 Å². The van der Waals surface area contributed by atoms with E-state index in [1.54, 1.807) is 0 Å². The number of nitrogens with one attached hydrogen (secondary N) is 1. The molecule has 0 aliphatic heterocycles. The van der Waals surface area contributed by atoms with E-state index in [1.165, 1.54) is 13.2 Å². The molecule has 4 nitrogen and oxygen atoms in total. The Hall–Kier alpha value is -1.15. The Kier molecular flexibility index (Phi) is 6.15. The number of hydrogen-bond acceptors (Lipinski definition) is 3. The highest BCUT2D eigenvalue weighted by molar-refractivity contribution is 7.92.